The first-order valence-corrected chi connectivity index (χ1v) is 5.79. The molecule has 0 aliphatic rings. The summed E-state index contributed by atoms with van der Waals surface area (Å²) in [6.45, 7) is 4.05. The Morgan fingerprint density at radius 1 is 1.41 bits per heavy atom. The molecule has 0 fully saturated rings. The Balaban J connectivity index is 3.34. The quantitative estimate of drug-likeness (QED) is 0.300. The van der Waals surface area contributed by atoms with Crippen molar-refractivity contribution in [3.8, 4) is 0 Å². The van der Waals surface area contributed by atoms with Crippen LogP contribution in [0.2, 0.25) is 0 Å². The topological polar surface area (TPSA) is 96.6 Å². The fraction of sp³-hybridized carbons (Fsp3) is 0.727. The highest BCUT2D eigenvalue weighted by Gasteiger charge is 1.92. The molecule has 0 aromatic rings. The second-order valence-corrected chi connectivity index (χ2v) is 3.62. The van der Waals surface area contributed by atoms with Crippen molar-refractivity contribution in [1.29, 1.82) is 0 Å². The summed E-state index contributed by atoms with van der Waals surface area (Å²) < 4.78 is 4.77. The highest BCUT2D eigenvalue weighted by molar-refractivity contribution is 5.65. The first-order chi connectivity index (χ1) is 8.16. The van der Waals surface area contributed by atoms with Crippen LogP contribution >= 0.6 is 0 Å². The molecule has 0 spiro atoms. The normalized spacial score (nSPS) is 11.3. The van der Waals surface area contributed by atoms with E-state index >= 15 is 0 Å². The third kappa shape index (κ3) is 12.7. The summed E-state index contributed by atoms with van der Waals surface area (Å²) in [5, 5.41) is 14.7. The maximum atomic E-state index is 10.5. The molecule has 0 aromatic carbocycles. The zero-order valence-corrected chi connectivity index (χ0v) is 10.4. The van der Waals surface area contributed by atoms with Gasteiger partial charge in [0.1, 0.15) is 0 Å². The van der Waals surface area contributed by atoms with Gasteiger partial charge in [-0.3, -0.25) is 4.79 Å². The number of esters is 1. The minimum absolute atomic E-state index is 0.186. The van der Waals surface area contributed by atoms with E-state index in [1.54, 1.807) is 6.20 Å². The number of carbonyl (C=O) groups is 1. The Kier molecular flexibility index (Phi) is 10.4. The average molecular weight is 245 g/mol. The molecular formula is C11H23N3O3. The third-order valence-corrected chi connectivity index (χ3v) is 1.90. The van der Waals surface area contributed by atoms with Gasteiger partial charge in [0.2, 0.25) is 0 Å². The van der Waals surface area contributed by atoms with E-state index in [4.69, 9.17) is 15.6 Å². The van der Waals surface area contributed by atoms with Gasteiger partial charge in [0.25, 0.3) is 0 Å². The van der Waals surface area contributed by atoms with Crippen molar-refractivity contribution in [1.82, 2.24) is 10.6 Å². The highest BCUT2D eigenvalue weighted by atomic mass is 16.5. The van der Waals surface area contributed by atoms with Crippen LogP contribution in [0.3, 0.4) is 0 Å². The molecule has 0 rings (SSSR count). The van der Waals surface area contributed by atoms with Crippen molar-refractivity contribution in [2.75, 3.05) is 32.8 Å². The van der Waals surface area contributed by atoms with E-state index in [1.165, 1.54) is 6.92 Å². The van der Waals surface area contributed by atoms with E-state index in [-0.39, 0.29) is 12.6 Å². The van der Waals surface area contributed by atoms with E-state index < -0.39 is 0 Å². The predicted molar refractivity (Wildman–Crippen MR) is 66.1 cm³/mol. The third-order valence-electron chi connectivity index (χ3n) is 1.90. The average Bonchev–Trinajstić information content (AvgIpc) is 2.29. The van der Waals surface area contributed by atoms with E-state index in [0.717, 1.165) is 19.4 Å². The lowest BCUT2D eigenvalue weighted by molar-refractivity contribution is -0.140. The molecule has 6 heteroatoms. The maximum Gasteiger partial charge on any atom is 0.302 e. The molecule has 0 amide bonds. The number of aliphatic hydroxyl groups excluding tert-OH is 1. The van der Waals surface area contributed by atoms with Crippen LogP contribution in [0.5, 0.6) is 0 Å². The SMILES string of the molecule is CC(=O)OCCCN/C=C(\N)CNCCCO. The summed E-state index contributed by atoms with van der Waals surface area (Å²) in [5.41, 5.74) is 6.41. The summed E-state index contributed by atoms with van der Waals surface area (Å²) in [7, 11) is 0. The number of carbonyl (C=O) groups excluding carboxylic acids is 1. The van der Waals surface area contributed by atoms with Gasteiger partial charge in [0.15, 0.2) is 0 Å². The van der Waals surface area contributed by atoms with Gasteiger partial charge in [0.05, 0.1) is 6.61 Å². The molecule has 0 bridgehead atoms. The Labute approximate surface area is 102 Å². The lowest BCUT2D eigenvalue weighted by Crippen LogP contribution is -2.24. The molecule has 0 saturated carbocycles. The van der Waals surface area contributed by atoms with Crippen LogP contribution in [-0.4, -0.2) is 43.9 Å². The Morgan fingerprint density at radius 3 is 2.82 bits per heavy atom. The number of hydrogen-bond donors (Lipinski definition) is 4. The number of rotatable bonds is 10. The van der Waals surface area contributed by atoms with Crippen LogP contribution in [-0.2, 0) is 9.53 Å². The number of nitrogens with one attached hydrogen (secondary N) is 2. The van der Waals surface area contributed by atoms with Crippen LogP contribution in [0.4, 0.5) is 0 Å². The van der Waals surface area contributed by atoms with E-state index in [9.17, 15) is 4.79 Å². The van der Waals surface area contributed by atoms with Crippen molar-refractivity contribution in [3.05, 3.63) is 11.9 Å². The van der Waals surface area contributed by atoms with E-state index in [1.807, 2.05) is 0 Å². The summed E-state index contributed by atoms with van der Waals surface area (Å²) in [6.07, 6.45) is 3.21. The molecule has 0 aromatic heterocycles. The molecule has 0 aliphatic heterocycles. The lowest BCUT2D eigenvalue weighted by Gasteiger charge is -2.06. The van der Waals surface area contributed by atoms with Gasteiger partial charge < -0.3 is 26.2 Å². The first kappa shape index (κ1) is 15.7. The molecule has 0 aliphatic carbocycles. The van der Waals surface area contributed by atoms with Crippen LogP contribution in [0.15, 0.2) is 11.9 Å². The van der Waals surface area contributed by atoms with Crippen LogP contribution in [0, 0.1) is 0 Å². The molecule has 0 unspecified atom stereocenters. The van der Waals surface area contributed by atoms with Gasteiger partial charge in [0, 0.05) is 38.5 Å². The molecular weight excluding hydrogens is 222 g/mol. The molecule has 0 atom stereocenters. The maximum absolute atomic E-state index is 10.5. The molecule has 6 nitrogen and oxygen atoms in total. The predicted octanol–water partition coefficient (Wildman–Crippen LogP) is -0.699. The zero-order chi connectivity index (χ0) is 12.9. The molecule has 17 heavy (non-hydrogen) atoms. The lowest BCUT2D eigenvalue weighted by atomic mass is 10.4. The van der Waals surface area contributed by atoms with Crippen molar-refractivity contribution in [2.24, 2.45) is 5.73 Å². The minimum atomic E-state index is -0.256. The molecule has 5 N–H and O–H groups in total. The van der Waals surface area contributed by atoms with Gasteiger partial charge in [-0.25, -0.2) is 0 Å². The number of aliphatic hydroxyl groups is 1. The second-order valence-electron chi connectivity index (χ2n) is 3.62. The summed E-state index contributed by atoms with van der Waals surface area (Å²) in [6, 6.07) is 0. The van der Waals surface area contributed by atoms with Crippen molar-refractivity contribution < 1.29 is 14.6 Å². The molecule has 100 valence electrons. The monoisotopic (exact) mass is 245 g/mol. The summed E-state index contributed by atoms with van der Waals surface area (Å²) in [4.78, 5) is 10.5. The molecule has 0 radical (unpaired) electrons. The second kappa shape index (κ2) is 11.2. The number of ether oxygens (including phenoxy) is 1. The van der Waals surface area contributed by atoms with E-state index in [0.29, 0.717) is 25.4 Å². The summed E-state index contributed by atoms with van der Waals surface area (Å²) >= 11 is 0. The van der Waals surface area contributed by atoms with Crippen LogP contribution in [0.1, 0.15) is 19.8 Å². The Bertz CT molecular complexity index is 232. The van der Waals surface area contributed by atoms with Gasteiger partial charge in [-0.2, -0.15) is 0 Å². The van der Waals surface area contributed by atoms with Crippen molar-refractivity contribution in [2.45, 2.75) is 19.8 Å². The standard InChI is InChI=1S/C11H23N3O3/c1-10(16)17-7-3-5-14-9-11(12)8-13-4-2-6-15/h9,13-15H,2-8,12H2,1H3/b11-9-. The zero-order valence-electron chi connectivity index (χ0n) is 10.4. The first-order valence-electron chi connectivity index (χ1n) is 5.79. The van der Waals surface area contributed by atoms with Gasteiger partial charge in [-0.1, -0.05) is 0 Å². The van der Waals surface area contributed by atoms with E-state index in [2.05, 4.69) is 10.6 Å². The van der Waals surface area contributed by atoms with Crippen molar-refractivity contribution >= 4 is 5.97 Å². The largest absolute Gasteiger partial charge is 0.466 e. The highest BCUT2D eigenvalue weighted by Crippen LogP contribution is 1.83. The van der Waals surface area contributed by atoms with Gasteiger partial charge in [-0.05, 0) is 19.4 Å². The fourth-order valence-electron chi connectivity index (χ4n) is 1.08. The number of hydrogen-bond acceptors (Lipinski definition) is 6. The van der Waals surface area contributed by atoms with Gasteiger partial charge >= 0.3 is 5.97 Å². The Hall–Kier alpha value is -1.27. The van der Waals surface area contributed by atoms with Crippen LogP contribution in [0.25, 0.3) is 0 Å². The van der Waals surface area contributed by atoms with Crippen molar-refractivity contribution in [3.63, 3.8) is 0 Å². The number of nitrogens with two attached hydrogens (primary N) is 1. The van der Waals surface area contributed by atoms with Gasteiger partial charge in [-0.15, -0.1) is 0 Å². The molecule has 0 saturated heterocycles. The minimum Gasteiger partial charge on any atom is -0.466 e. The van der Waals surface area contributed by atoms with Crippen LogP contribution < -0.4 is 16.4 Å². The summed E-state index contributed by atoms with van der Waals surface area (Å²) in [5.74, 6) is -0.256. The molecule has 0 heterocycles. The fourth-order valence-corrected chi connectivity index (χ4v) is 1.08. The smallest absolute Gasteiger partial charge is 0.302 e. The Morgan fingerprint density at radius 2 is 2.18 bits per heavy atom.